The van der Waals surface area contributed by atoms with Crippen molar-refractivity contribution in [1.29, 1.82) is 0 Å². The minimum absolute atomic E-state index is 0.0757. The fourth-order valence-electron chi connectivity index (χ4n) is 2.21. The van der Waals surface area contributed by atoms with Crippen LogP contribution in [0.25, 0.3) is 0 Å². The summed E-state index contributed by atoms with van der Waals surface area (Å²) < 4.78 is 0. The summed E-state index contributed by atoms with van der Waals surface area (Å²) in [6.07, 6.45) is 0. The highest BCUT2D eigenvalue weighted by Gasteiger charge is 2.14. The van der Waals surface area contributed by atoms with Gasteiger partial charge in [-0.25, -0.2) is 0 Å². The Morgan fingerprint density at radius 2 is 1.55 bits per heavy atom. The molecule has 0 radical (unpaired) electrons. The number of carbonyl (C=O) groups excluding carboxylic acids is 1. The minimum atomic E-state index is 0.0757. The number of amides is 1. The minimum Gasteiger partial charge on any atom is -0.337 e. The first-order valence-corrected chi connectivity index (χ1v) is 6.85. The van der Waals surface area contributed by atoms with Crippen molar-refractivity contribution in [2.24, 2.45) is 0 Å². The van der Waals surface area contributed by atoms with E-state index in [2.05, 4.69) is 31.2 Å². The van der Waals surface area contributed by atoms with Gasteiger partial charge in [0.2, 0.25) is 0 Å². The first-order chi connectivity index (χ1) is 9.47. The van der Waals surface area contributed by atoms with Crippen LogP contribution in [0.3, 0.4) is 0 Å². The first-order valence-electron chi connectivity index (χ1n) is 6.85. The maximum atomic E-state index is 12.5. The Morgan fingerprint density at radius 1 is 0.950 bits per heavy atom. The molecule has 0 saturated heterocycles. The average molecular weight is 267 g/mol. The molecule has 0 bridgehead atoms. The third kappa shape index (κ3) is 3.27. The van der Waals surface area contributed by atoms with Crippen LogP contribution < -0.4 is 0 Å². The maximum absolute atomic E-state index is 12.5. The van der Waals surface area contributed by atoms with E-state index in [9.17, 15) is 4.79 Å². The fraction of sp³-hybridized carbons (Fsp3) is 0.278. The molecule has 0 aliphatic carbocycles. The second kappa shape index (κ2) is 5.91. The van der Waals surface area contributed by atoms with E-state index in [0.717, 1.165) is 22.3 Å². The summed E-state index contributed by atoms with van der Waals surface area (Å²) in [5, 5.41) is 0. The quantitative estimate of drug-likeness (QED) is 0.826. The van der Waals surface area contributed by atoms with E-state index in [4.69, 9.17) is 0 Å². The Morgan fingerprint density at radius 3 is 2.20 bits per heavy atom. The van der Waals surface area contributed by atoms with E-state index in [1.165, 1.54) is 5.56 Å². The molecule has 2 aromatic rings. The molecule has 0 aliphatic heterocycles. The summed E-state index contributed by atoms with van der Waals surface area (Å²) in [4.78, 5) is 14.3. The molecule has 0 unspecified atom stereocenters. The largest absolute Gasteiger partial charge is 0.337 e. The molecule has 2 nitrogen and oxygen atoms in total. The molecule has 0 aromatic heterocycles. The van der Waals surface area contributed by atoms with Gasteiger partial charge in [0.15, 0.2) is 0 Å². The van der Waals surface area contributed by atoms with Gasteiger partial charge in [0.25, 0.3) is 5.91 Å². The number of hydrogen-bond acceptors (Lipinski definition) is 1. The van der Waals surface area contributed by atoms with Crippen molar-refractivity contribution >= 4 is 5.91 Å². The lowest BCUT2D eigenvalue weighted by Gasteiger charge is -2.19. The molecule has 0 saturated carbocycles. The Kier molecular flexibility index (Phi) is 4.23. The van der Waals surface area contributed by atoms with Crippen LogP contribution in [-0.4, -0.2) is 17.9 Å². The highest BCUT2D eigenvalue weighted by Crippen LogP contribution is 2.14. The lowest BCUT2D eigenvalue weighted by atomic mass is 10.0. The highest BCUT2D eigenvalue weighted by molar-refractivity contribution is 5.95. The van der Waals surface area contributed by atoms with E-state index >= 15 is 0 Å². The van der Waals surface area contributed by atoms with Crippen LogP contribution in [0.4, 0.5) is 0 Å². The van der Waals surface area contributed by atoms with Gasteiger partial charge in [-0.15, -0.1) is 0 Å². The van der Waals surface area contributed by atoms with Gasteiger partial charge in [-0.05, 0) is 38.0 Å². The number of rotatable bonds is 3. The standard InChI is InChI=1S/C18H21NO/c1-13-6-9-16(10-7-13)12-19(4)18(20)17-11-14(2)5-8-15(17)3/h5-11H,12H2,1-4H3. The summed E-state index contributed by atoms with van der Waals surface area (Å²) in [6.45, 7) is 6.68. The molecule has 0 heterocycles. The van der Waals surface area contributed by atoms with Crippen molar-refractivity contribution < 1.29 is 4.79 Å². The van der Waals surface area contributed by atoms with Gasteiger partial charge in [-0.3, -0.25) is 4.79 Å². The van der Waals surface area contributed by atoms with Crippen molar-refractivity contribution in [3.05, 3.63) is 70.3 Å². The molecule has 0 spiro atoms. The fourth-order valence-corrected chi connectivity index (χ4v) is 2.21. The molecule has 0 N–H and O–H groups in total. The van der Waals surface area contributed by atoms with E-state index in [-0.39, 0.29) is 5.91 Å². The van der Waals surface area contributed by atoms with Gasteiger partial charge in [-0.1, -0.05) is 47.5 Å². The third-order valence-corrected chi connectivity index (χ3v) is 3.51. The van der Waals surface area contributed by atoms with Crippen molar-refractivity contribution in [1.82, 2.24) is 4.90 Å². The summed E-state index contributed by atoms with van der Waals surface area (Å²) >= 11 is 0. The van der Waals surface area contributed by atoms with Crippen molar-refractivity contribution in [2.45, 2.75) is 27.3 Å². The SMILES string of the molecule is Cc1ccc(CN(C)C(=O)c2cc(C)ccc2C)cc1. The molecule has 2 rings (SSSR count). The van der Waals surface area contributed by atoms with Crippen LogP contribution in [-0.2, 0) is 6.54 Å². The molecule has 0 fully saturated rings. The third-order valence-electron chi connectivity index (χ3n) is 3.51. The van der Waals surface area contributed by atoms with Crippen LogP contribution in [0.15, 0.2) is 42.5 Å². The van der Waals surface area contributed by atoms with Crippen LogP contribution in [0.5, 0.6) is 0 Å². The zero-order valence-corrected chi connectivity index (χ0v) is 12.6. The smallest absolute Gasteiger partial charge is 0.254 e. The normalized spacial score (nSPS) is 10.4. The molecule has 2 aromatic carbocycles. The number of nitrogens with zero attached hydrogens (tertiary/aromatic N) is 1. The summed E-state index contributed by atoms with van der Waals surface area (Å²) in [7, 11) is 1.85. The summed E-state index contributed by atoms with van der Waals surface area (Å²) in [6, 6.07) is 14.3. The van der Waals surface area contributed by atoms with Gasteiger partial charge >= 0.3 is 0 Å². The average Bonchev–Trinajstić information content (AvgIpc) is 2.43. The lowest BCUT2D eigenvalue weighted by Crippen LogP contribution is -2.26. The van der Waals surface area contributed by atoms with Crippen molar-refractivity contribution in [3.63, 3.8) is 0 Å². The van der Waals surface area contributed by atoms with Gasteiger partial charge in [0, 0.05) is 19.2 Å². The first kappa shape index (κ1) is 14.3. The zero-order valence-electron chi connectivity index (χ0n) is 12.6. The van der Waals surface area contributed by atoms with Crippen LogP contribution in [0.1, 0.15) is 32.6 Å². The second-order valence-corrected chi connectivity index (χ2v) is 5.47. The monoisotopic (exact) mass is 267 g/mol. The zero-order chi connectivity index (χ0) is 14.7. The molecule has 2 heteroatoms. The number of aryl methyl sites for hydroxylation is 3. The Balaban J connectivity index is 2.16. The maximum Gasteiger partial charge on any atom is 0.254 e. The van der Waals surface area contributed by atoms with Crippen LogP contribution >= 0.6 is 0 Å². The number of hydrogen-bond donors (Lipinski definition) is 0. The molecule has 0 atom stereocenters. The topological polar surface area (TPSA) is 20.3 Å². The van der Waals surface area contributed by atoms with Gasteiger partial charge in [-0.2, -0.15) is 0 Å². The van der Waals surface area contributed by atoms with Crippen molar-refractivity contribution in [2.75, 3.05) is 7.05 Å². The number of carbonyl (C=O) groups is 1. The number of benzene rings is 2. The summed E-state index contributed by atoms with van der Waals surface area (Å²) in [5.74, 6) is 0.0757. The Hall–Kier alpha value is -2.09. The lowest BCUT2D eigenvalue weighted by molar-refractivity contribution is 0.0784. The Labute approximate surface area is 121 Å². The van der Waals surface area contributed by atoms with E-state index < -0.39 is 0 Å². The van der Waals surface area contributed by atoms with Crippen LogP contribution in [0.2, 0.25) is 0 Å². The van der Waals surface area contributed by atoms with Crippen molar-refractivity contribution in [3.8, 4) is 0 Å². The van der Waals surface area contributed by atoms with Gasteiger partial charge in [0.1, 0.15) is 0 Å². The molecule has 104 valence electrons. The highest BCUT2D eigenvalue weighted by atomic mass is 16.2. The molecule has 0 aliphatic rings. The molecule has 1 amide bonds. The van der Waals surface area contributed by atoms with E-state index in [1.807, 2.05) is 39.1 Å². The van der Waals surface area contributed by atoms with E-state index in [0.29, 0.717) is 6.54 Å². The molecule has 20 heavy (non-hydrogen) atoms. The second-order valence-electron chi connectivity index (χ2n) is 5.47. The van der Waals surface area contributed by atoms with Crippen LogP contribution in [0, 0.1) is 20.8 Å². The Bertz CT molecular complexity index is 614. The predicted octanol–water partition coefficient (Wildman–Crippen LogP) is 3.88. The molecular formula is C18H21NO. The van der Waals surface area contributed by atoms with Gasteiger partial charge in [0.05, 0.1) is 0 Å². The predicted molar refractivity (Wildman–Crippen MR) is 82.9 cm³/mol. The summed E-state index contributed by atoms with van der Waals surface area (Å²) in [5.41, 5.74) is 5.31. The van der Waals surface area contributed by atoms with E-state index in [1.54, 1.807) is 4.90 Å². The van der Waals surface area contributed by atoms with Gasteiger partial charge < -0.3 is 4.90 Å². The molecular weight excluding hydrogens is 246 g/mol.